The number of aliphatic hydroxyl groups excluding tert-OH is 1. The molecule has 1 heterocycles. The molecular formula is C28H38ClNO7. The van der Waals surface area contributed by atoms with Gasteiger partial charge in [0.2, 0.25) is 0 Å². The molecule has 0 fully saturated rings. The molecule has 2 unspecified atom stereocenters. The summed E-state index contributed by atoms with van der Waals surface area (Å²) in [5, 5.41) is 11.3. The van der Waals surface area contributed by atoms with Gasteiger partial charge in [-0.05, 0) is 71.7 Å². The summed E-state index contributed by atoms with van der Waals surface area (Å²) in [4.78, 5) is 26.5. The first-order valence-corrected chi connectivity index (χ1v) is 12.2. The van der Waals surface area contributed by atoms with Crippen LogP contribution in [0.3, 0.4) is 0 Å². The molecule has 0 radical (unpaired) electrons. The van der Waals surface area contributed by atoms with Gasteiger partial charge in [0.15, 0.2) is 6.61 Å². The highest BCUT2D eigenvalue weighted by Gasteiger charge is 2.47. The van der Waals surface area contributed by atoms with E-state index in [2.05, 4.69) is 0 Å². The lowest BCUT2D eigenvalue weighted by Gasteiger charge is -2.46. The van der Waals surface area contributed by atoms with Crippen molar-refractivity contribution in [3.63, 3.8) is 0 Å². The number of halogens is 1. The summed E-state index contributed by atoms with van der Waals surface area (Å²) in [6.45, 7) is 11.3. The number of esters is 1. The molecule has 2 aromatic carbocycles. The maximum absolute atomic E-state index is 13.4. The van der Waals surface area contributed by atoms with Crippen LogP contribution in [-0.4, -0.2) is 59.1 Å². The molecule has 0 bridgehead atoms. The lowest BCUT2D eigenvalue weighted by molar-refractivity contribution is -0.145. The van der Waals surface area contributed by atoms with E-state index in [-0.39, 0.29) is 19.0 Å². The number of hydrogen-bond donors (Lipinski definition) is 1. The first kappa shape index (κ1) is 30.3. The van der Waals surface area contributed by atoms with Crippen LogP contribution >= 0.6 is 12.4 Å². The van der Waals surface area contributed by atoms with Crippen molar-refractivity contribution in [1.82, 2.24) is 4.90 Å². The average Bonchev–Trinajstić information content (AvgIpc) is 2.79. The van der Waals surface area contributed by atoms with E-state index >= 15 is 0 Å². The van der Waals surface area contributed by atoms with Crippen LogP contribution in [0.5, 0.6) is 11.5 Å². The topological polar surface area (TPSA) is 94.5 Å². The van der Waals surface area contributed by atoms with Gasteiger partial charge in [0, 0.05) is 12.1 Å². The van der Waals surface area contributed by atoms with E-state index in [1.165, 1.54) is 0 Å². The summed E-state index contributed by atoms with van der Waals surface area (Å²) >= 11 is 0. The van der Waals surface area contributed by atoms with Crippen LogP contribution in [0.1, 0.15) is 58.7 Å². The monoisotopic (exact) mass is 535 g/mol. The van der Waals surface area contributed by atoms with Crippen LogP contribution in [0.2, 0.25) is 0 Å². The lowest BCUT2D eigenvalue weighted by atomic mass is 9.85. The zero-order valence-electron chi connectivity index (χ0n) is 22.4. The van der Waals surface area contributed by atoms with Gasteiger partial charge in [0.25, 0.3) is 0 Å². The molecule has 0 saturated carbocycles. The van der Waals surface area contributed by atoms with Crippen molar-refractivity contribution in [2.75, 3.05) is 19.8 Å². The number of aliphatic hydroxyl groups is 1. The standard InChI is InChI=1S/C28H37NO7.ClH/c1-7-33-23(30)18-34-20-14-12-19(13-15-20)16-17-29(26(32)36-27(2,3)4)24-21-10-8-9-11-22(21)35-28(5,6)25(24)31;/h8-15,24-25,31H,7,16-18H2,1-6H3;1H. The highest BCUT2D eigenvalue weighted by molar-refractivity contribution is 5.85. The number of fused-ring (bicyclic) bond motifs is 1. The quantitative estimate of drug-likeness (QED) is 0.470. The van der Waals surface area contributed by atoms with Crippen LogP contribution in [-0.2, 0) is 20.7 Å². The Morgan fingerprint density at radius 3 is 2.35 bits per heavy atom. The van der Waals surface area contributed by atoms with Gasteiger partial charge in [-0.25, -0.2) is 9.59 Å². The maximum atomic E-state index is 13.4. The SMILES string of the molecule is CCOC(=O)COc1ccc(CCN(C(=O)OC(C)(C)C)C2c3ccccc3OC(C)(C)C2O)cc1.Cl. The summed E-state index contributed by atoms with van der Waals surface area (Å²) in [6, 6.07) is 14.1. The van der Waals surface area contributed by atoms with Gasteiger partial charge in [0.1, 0.15) is 28.8 Å². The van der Waals surface area contributed by atoms with Gasteiger partial charge in [0.05, 0.1) is 12.6 Å². The molecule has 0 aliphatic carbocycles. The van der Waals surface area contributed by atoms with E-state index in [1.54, 1.807) is 24.0 Å². The van der Waals surface area contributed by atoms with Crippen LogP contribution < -0.4 is 9.47 Å². The predicted molar refractivity (Wildman–Crippen MR) is 142 cm³/mol. The molecular weight excluding hydrogens is 498 g/mol. The van der Waals surface area contributed by atoms with Crippen LogP contribution in [0.4, 0.5) is 4.79 Å². The van der Waals surface area contributed by atoms with Gasteiger partial charge in [-0.2, -0.15) is 0 Å². The van der Waals surface area contributed by atoms with Crippen molar-refractivity contribution in [3.05, 3.63) is 59.7 Å². The molecule has 0 aromatic heterocycles. The number of carbonyl (C=O) groups excluding carboxylic acids is 2. The van der Waals surface area contributed by atoms with Crippen LogP contribution in [0.15, 0.2) is 48.5 Å². The molecule has 8 nitrogen and oxygen atoms in total. The highest BCUT2D eigenvalue weighted by atomic mass is 35.5. The molecule has 2 aromatic rings. The van der Waals surface area contributed by atoms with E-state index in [4.69, 9.17) is 18.9 Å². The molecule has 204 valence electrons. The fraction of sp³-hybridized carbons (Fsp3) is 0.500. The first-order valence-electron chi connectivity index (χ1n) is 12.2. The van der Waals surface area contributed by atoms with Crippen molar-refractivity contribution in [1.29, 1.82) is 0 Å². The molecule has 3 rings (SSSR count). The molecule has 1 aliphatic heterocycles. The second-order valence-electron chi connectivity index (χ2n) is 10.3. The number of hydrogen-bond acceptors (Lipinski definition) is 7. The summed E-state index contributed by atoms with van der Waals surface area (Å²) in [5.74, 6) is 0.758. The highest BCUT2D eigenvalue weighted by Crippen LogP contribution is 2.43. The van der Waals surface area contributed by atoms with E-state index in [0.717, 1.165) is 11.1 Å². The molecule has 0 saturated heterocycles. The van der Waals surface area contributed by atoms with Crippen LogP contribution in [0, 0.1) is 0 Å². The number of rotatable bonds is 8. The van der Waals surface area contributed by atoms with Crippen molar-refractivity contribution >= 4 is 24.5 Å². The van der Waals surface area contributed by atoms with E-state index in [0.29, 0.717) is 31.1 Å². The Labute approximate surface area is 225 Å². The van der Waals surface area contributed by atoms with Gasteiger partial charge < -0.3 is 24.1 Å². The summed E-state index contributed by atoms with van der Waals surface area (Å²) in [7, 11) is 0. The summed E-state index contributed by atoms with van der Waals surface area (Å²) in [5.41, 5.74) is 0.0920. The van der Waals surface area contributed by atoms with E-state index < -0.39 is 35.4 Å². The number of ether oxygens (including phenoxy) is 4. The zero-order valence-corrected chi connectivity index (χ0v) is 23.2. The average molecular weight is 536 g/mol. The summed E-state index contributed by atoms with van der Waals surface area (Å²) in [6.07, 6.45) is -0.962. The minimum atomic E-state index is -0.974. The largest absolute Gasteiger partial charge is 0.485 e. The van der Waals surface area contributed by atoms with Gasteiger partial charge >= 0.3 is 12.1 Å². The lowest BCUT2D eigenvalue weighted by Crippen LogP contribution is -2.55. The fourth-order valence-electron chi connectivity index (χ4n) is 4.06. The maximum Gasteiger partial charge on any atom is 0.410 e. The number of amides is 1. The van der Waals surface area contributed by atoms with Gasteiger partial charge in [-0.3, -0.25) is 4.90 Å². The van der Waals surface area contributed by atoms with Crippen molar-refractivity contribution < 1.29 is 33.6 Å². The third-order valence-corrected chi connectivity index (χ3v) is 5.81. The van der Waals surface area contributed by atoms with Crippen molar-refractivity contribution in [3.8, 4) is 11.5 Å². The van der Waals surface area contributed by atoms with Gasteiger partial charge in [-0.1, -0.05) is 30.3 Å². The third kappa shape index (κ3) is 8.01. The Morgan fingerprint density at radius 1 is 1.08 bits per heavy atom. The Kier molecular flexibility index (Phi) is 10.2. The molecule has 1 amide bonds. The molecule has 9 heteroatoms. The Bertz CT molecular complexity index is 1050. The minimum absolute atomic E-state index is 0. The number of benzene rings is 2. The number of nitrogens with zero attached hydrogens (tertiary/aromatic N) is 1. The predicted octanol–water partition coefficient (Wildman–Crippen LogP) is 5.10. The second kappa shape index (κ2) is 12.5. The smallest absolute Gasteiger partial charge is 0.410 e. The Balaban J connectivity index is 0.00000481. The van der Waals surface area contributed by atoms with E-state index in [9.17, 15) is 14.7 Å². The molecule has 0 spiro atoms. The number of carbonyl (C=O) groups is 2. The molecule has 2 atom stereocenters. The Hall–Kier alpha value is -2.97. The van der Waals surface area contributed by atoms with Crippen molar-refractivity contribution in [2.24, 2.45) is 0 Å². The van der Waals surface area contributed by atoms with Gasteiger partial charge in [-0.15, -0.1) is 12.4 Å². The van der Waals surface area contributed by atoms with E-state index in [1.807, 2.05) is 71.0 Å². The number of para-hydroxylation sites is 1. The fourth-order valence-corrected chi connectivity index (χ4v) is 4.06. The molecule has 1 N–H and O–H groups in total. The minimum Gasteiger partial charge on any atom is -0.485 e. The summed E-state index contributed by atoms with van der Waals surface area (Å²) < 4.78 is 22.1. The normalized spacial score (nSPS) is 17.9. The second-order valence-corrected chi connectivity index (χ2v) is 10.3. The van der Waals surface area contributed by atoms with Crippen LogP contribution in [0.25, 0.3) is 0 Å². The van der Waals surface area contributed by atoms with Crippen molar-refractivity contribution in [2.45, 2.75) is 71.3 Å². The molecule has 37 heavy (non-hydrogen) atoms. The first-order chi connectivity index (χ1) is 16.9. The Morgan fingerprint density at radius 2 is 1.73 bits per heavy atom. The zero-order chi connectivity index (χ0) is 26.5. The third-order valence-electron chi connectivity index (χ3n) is 5.81. The molecule has 1 aliphatic rings.